The molecule has 0 aliphatic carbocycles. The minimum atomic E-state index is -0.814. The van der Waals surface area contributed by atoms with Gasteiger partial charge in [-0.1, -0.05) is 127 Å². The van der Waals surface area contributed by atoms with E-state index in [1.54, 1.807) is 38.1 Å². The standard InChI is InChI=1S/C19H22N2O3.C18H21NO2.C7H5ClO2.ClH/c1-2-24-18(22)13-17(21-19(20)23)12-14-8-10-16(11-9-14)15-6-4-3-5-7-15;1-2-21-18(20)13-17(19)12-14-8-10-16(11-9-14)15-6-4-3-5-7-15;8-7(9)10-6-4-2-1-3-5-6;/h3-11,17H,2,12-13H2,1H3,(H3,20,21,23);3-11,17H,2,12-13,19H2,1H3;1-5H;1H/t2*17-;;/m11../s1. The zero-order valence-corrected chi connectivity index (χ0v) is 33.0. The molecule has 296 valence electrons. The minimum Gasteiger partial charge on any atom is -0.466 e. The molecule has 12 heteroatoms. The summed E-state index contributed by atoms with van der Waals surface area (Å²) in [6, 6.07) is 44.0. The van der Waals surface area contributed by atoms with Gasteiger partial charge in [-0.05, 0) is 72.2 Å². The number of carbonyl (C=O) groups is 4. The number of ether oxygens (including phenoxy) is 3. The molecule has 2 amide bonds. The van der Waals surface area contributed by atoms with Crippen LogP contribution >= 0.6 is 24.0 Å². The molecule has 0 saturated carbocycles. The van der Waals surface area contributed by atoms with E-state index in [2.05, 4.69) is 46.5 Å². The zero-order chi connectivity index (χ0) is 39.8. The van der Waals surface area contributed by atoms with Crippen molar-refractivity contribution in [2.45, 2.75) is 51.6 Å². The molecule has 0 saturated heterocycles. The Morgan fingerprint density at radius 2 is 0.982 bits per heavy atom. The Morgan fingerprint density at radius 3 is 1.39 bits per heavy atom. The van der Waals surface area contributed by atoms with Crippen LogP contribution in [0.15, 0.2) is 140 Å². The average Bonchev–Trinajstić information content (AvgIpc) is 3.17. The summed E-state index contributed by atoms with van der Waals surface area (Å²) < 4.78 is 14.4. The van der Waals surface area contributed by atoms with E-state index in [1.807, 2.05) is 78.9 Å². The number of rotatable bonds is 14. The van der Waals surface area contributed by atoms with E-state index >= 15 is 0 Å². The van der Waals surface area contributed by atoms with Gasteiger partial charge in [0.25, 0.3) is 0 Å². The number of esters is 2. The fourth-order valence-electron chi connectivity index (χ4n) is 5.40. The second kappa shape index (κ2) is 26.2. The summed E-state index contributed by atoms with van der Waals surface area (Å²) in [6.45, 7) is 4.26. The van der Waals surface area contributed by atoms with Crippen LogP contribution in [0, 0.1) is 0 Å². The van der Waals surface area contributed by atoms with E-state index < -0.39 is 11.5 Å². The number of benzene rings is 5. The lowest BCUT2D eigenvalue weighted by atomic mass is 9.99. The molecule has 56 heavy (non-hydrogen) atoms. The number of nitrogens with one attached hydrogen (secondary N) is 1. The Hall–Kier alpha value is -5.68. The van der Waals surface area contributed by atoms with Crippen LogP contribution < -0.4 is 21.5 Å². The van der Waals surface area contributed by atoms with Crippen molar-refractivity contribution in [3.05, 3.63) is 151 Å². The molecule has 5 aromatic carbocycles. The zero-order valence-electron chi connectivity index (χ0n) is 31.5. The lowest BCUT2D eigenvalue weighted by molar-refractivity contribution is -0.144. The maximum atomic E-state index is 11.6. The van der Waals surface area contributed by atoms with Crippen LogP contribution in [0.4, 0.5) is 9.59 Å². The van der Waals surface area contributed by atoms with Crippen molar-refractivity contribution in [1.29, 1.82) is 0 Å². The first-order valence-electron chi connectivity index (χ1n) is 17.9. The van der Waals surface area contributed by atoms with Gasteiger partial charge in [0.15, 0.2) is 0 Å². The first-order chi connectivity index (χ1) is 26.6. The third kappa shape index (κ3) is 18.6. The van der Waals surface area contributed by atoms with Gasteiger partial charge in [-0.15, -0.1) is 12.4 Å². The van der Waals surface area contributed by atoms with Crippen LogP contribution in [0.1, 0.15) is 37.8 Å². The molecular weight excluding hydrogens is 753 g/mol. The number of carbonyl (C=O) groups excluding carboxylic acids is 4. The van der Waals surface area contributed by atoms with E-state index in [9.17, 15) is 19.2 Å². The van der Waals surface area contributed by atoms with Gasteiger partial charge < -0.3 is 31.0 Å². The Labute approximate surface area is 339 Å². The SMILES string of the molecule is CCOC(=O)C[C@@H](Cc1ccc(-c2ccccc2)cc1)NC(N)=O.CCOC(=O)C[C@H](N)Cc1ccc(-c2ccccc2)cc1.Cl.O=C(Cl)Oc1ccccc1. The monoisotopic (exact) mass is 801 g/mol. The molecule has 5 N–H and O–H groups in total. The molecule has 5 rings (SSSR count). The molecule has 5 aromatic rings. The quantitative estimate of drug-likeness (QED) is 0.0742. The van der Waals surface area contributed by atoms with Gasteiger partial charge in [-0.25, -0.2) is 9.59 Å². The maximum absolute atomic E-state index is 11.6. The molecule has 0 unspecified atom stereocenters. The topological polar surface area (TPSA) is 160 Å². The molecule has 0 bridgehead atoms. The molecule has 2 atom stereocenters. The van der Waals surface area contributed by atoms with E-state index in [1.165, 1.54) is 11.1 Å². The first kappa shape index (κ1) is 46.5. The largest absolute Gasteiger partial charge is 0.466 e. The fraction of sp³-hybridized carbons (Fsp3) is 0.227. The summed E-state index contributed by atoms with van der Waals surface area (Å²) in [5.74, 6) is -0.120. The first-order valence-corrected chi connectivity index (χ1v) is 18.3. The smallest absolute Gasteiger partial charge is 0.409 e. The van der Waals surface area contributed by atoms with Crippen molar-refractivity contribution in [2.24, 2.45) is 11.5 Å². The molecule has 0 spiro atoms. The number of nitrogens with two attached hydrogens (primary N) is 2. The van der Waals surface area contributed by atoms with Crippen molar-refractivity contribution < 1.29 is 33.4 Å². The molecule has 0 radical (unpaired) electrons. The Kier molecular flexibility index (Phi) is 21.7. The lowest BCUT2D eigenvalue weighted by Crippen LogP contribution is -2.41. The third-order valence-corrected chi connectivity index (χ3v) is 7.92. The second-order valence-electron chi connectivity index (χ2n) is 12.2. The summed E-state index contributed by atoms with van der Waals surface area (Å²) in [4.78, 5) is 44.3. The highest BCUT2D eigenvalue weighted by Crippen LogP contribution is 2.21. The number of hydrogen-bond donors (Lipinski definition) is 3. The van der Waals surface area contributed by atoms with Crippen molar-refractivity contribution in [3.8, 4) is 28.0 Å². The van der Waals surface area contributed by atoms with Gasteiger partial charge in [-0.2, -0.15) is 0 Å². The molecule has 0 fully saturated rings. The average molecular weight is 803 g/mol. The number of hydrogen-bond acceptors (Lipinski definition) is 8. The van der Waals surface area contributed by atoms with E-state index in [4.69, 9.17) is 32.5 Å². The van der Waals surface area contributed by atoms with Crippen molar-refractivity contribution in [1.82, 2.24) is 5.32 Å². The molecule has 0 heterocycles. The van der Waals surface area contributed by atoms with Gasteiger partial charge in [0.1, 0.15) is 5.75 Å². The summed E-state index contributed by atoms with van der Waals surface area (Å²) in [5.41, 5.74) is 17.1. The normalized spacial score (nSPS) is 11.0. The molecule has 0 aliphatic rings. The summed E-state index contributed by atoms with van der Waals surface area (Å²) in [5, 5.41) is 2.60. The van der Waals surface area contributed by atoms with Crippen molar-refractivity contribution in [3.63, 3.8) is 0 Å². The van der Waals surface area contributed by atoms with Crippen molar-refractivity contribution in [2.75, 3.05) is 13.2 Å². The highest BCUT2D eigenvalue weighted by Gasteiger charge is 2.17. The van der Waals surface area contributed by atoms with Gasteiger partial charge in [0.05, 0.1) is 26.1 Å². The van der Waals surface area contributed by atoms with Crippen LogP contribution in [-0.2, 0) is 31.9 Å². The van der Waals surface area contributed by atoms with Gasteiger partial charge >= 0.3 is 23.4 Å². The van der Waals surface area contributed by atoms with Gasteiger partial charge in [0.2, 0.25) is 0 Å². The number of halogens is 2. The minimum absolute atomic E-state index is 0. The van der Waals surface area contributed by atoms with Crippen LogP contribution in [0.3, 0.4) is 0 Å². The molecule has 0 aliphatic heterocycles. The second-order valence-corrected chi connectivity index (χ2v) is 12.5. The molecule has 10 nitrogen and oxygen atoms in total. The van der Waals surface area contributed by atoms with Crippen LogP contribution in [0.5, 0.6) is 5.75 Å². The van der Waals surface area contributed by atoms with Gasteiger partial charge in [0, 0.05) is 23.7 Å². The van der Waals surface area contributed by atoms with E-state index in [-0.39, 0.29) is 49.3 Å². The van der Waals surface area contributed by atoms with E-state index in [0.717, 1.165) is 22.3 Å². The molecular formula is C44H49Cl2N3O7. The molecule has 0 aromatic heterocycles. The van der Waals surface area contributed by atoms with Crippen LogP contribution in [0.2, 0.25) is 0 Å². The summed E-state index contributed by atoms with van der Waals surface area (Å²) >= 11 is 4.95. The number of urea groups is 1. The predicted molar refractivity (Wildman–Crippen MR) is 224 cm³/mol. The predicted octanol–water partition coefficient (Wildman–Crippen LogP) is 8.91. The van der Waals surface area contributed by atoms with E-state index in [0.29, 0.717) is 31.8 Å². The Balaban J connectivity index is 0.000000309. The van der Waals surface area contributed by atoms with Gasteiger partial charge in [-0.3, -0.25) is 9.59 Å². The Bertz CT molecular complexity index is 1880. The lowest BCUT2D eigenvalue weighted by Gasteiger charge is -2.17. The summed E-state index contributed by atoms with van der Waals surface area (Å²) in [7, 11) is 0. The number of para-hydroxylation sites is 1. The number of primary amides is 1. The third-order valence-electron chi connectivity index (χ3n) is 7.84. The highest BCUT2D eigenvalue weighted by molar-refractivity contribution is 6.61. The maximum Gasteiger partial charge on any atom is 0.409 e. The fourth-order valence-corrected chi connectivity index (χ4v) is 5.49. The van der Waals surface area contributed by atoms with Crippen LogP contribution in [0.25, 0.3) is 22.3 Å². The summed E-state index contributed by atoms with van der Waals surface area (Å²) in [6.07, 6.45) is 1.54. The van der Waals surface area contributed by atoms with Crippen molar-refractivity contribution >= 4 is 47.4 Å². The van der Waals surface area contributed by atoms with Crippen LogP contribution in [-0.4, -0.2) is 48.7 Å². The highest BCUT2D eigenvalue weighted by atomic mass is 35.5. The Morgan fingerprint density at radius 1 is 0.589 bits per heavy atom. The number of amides is 2.